The fourth-order valence-corrected chi connectivity index (χ4v) is 4.20. The summed E-state index contributed by atoms with van der Waals surface area (Å²) < 4.78 is 10.5. The van der Waals surface area contributed by atoms with Crippen molar-refractivity contribution in [3.05, 3.63) is 59.7 Å². The van der Waals surface area contributed by atoms with Crippen LogP contribution < -0.4 is 20.1 Å². The van der Waals surface area contributed by atoms with Gasteiger partial charge in [-0.2, -0.15) is 0 Å². The summed E-state index contributed by atoms with van der Waals surface area (Å²) in [5, 5.41) is 5.95. The van der Waals surface area contributed by atoms with E-state index >= 15 is 0 Å². The number of piperidine rings is 1. The Kier molecular flexibility index (Phi) is 9.11. The number of ether oxygens (including phenoxy) is 2. The van der Waals surface area contributed by atoms with Crippen LogP contribution in [0.4, 0.5) is 0 Å². The Balaban J connectivity index is 1.71. The molecule has 1 fully saturated rings. The minimum atomic E-state index is -0.697. The van der Waals surface area contributed by atoms with Gasteiger partial charge in [0, 0.05) is 30.3 Å². The molecule has 2 aromatic carbocycles. The predicted molar refractivity (Wildman–Crippen MR) is 134 cm³/mol. The highest BCUT2D eigenvalue weighted by atomic mass is 16.5. The lowest BCUT2D eigenvalue weighted by Crippen LogP contribution is -2.55. The zero-order valence-corrected chi connectivity index (χ0v) is 20.9. The minimum Gasteiger partial charge on any atom is -0.497 e. The van der Waals surface area contributed by atoms with Crippen LogP contribution in [0, 0.1) is 5.92 Å². The molecule has 188 valence electrons. The molecule has 3 amide bonds. The molecule has 0 bridgehead atoms. The number of nitrogens with one attached hydrogen (secondary N) is 2. The first-order valence-corrected chi connectivity index (χ1v) is 12.0. The van der Waals surface area contributed by atoms with Crippen LogP contribution in [0.5, 0.6) is 11.5 Å². The molecule has 0 aromatic heterocycles. The third-order valence-electron chi connectivity index (χ3n) is 6.52. The monoisotopic (exact) mass is 481 g/mol. The quantitative estimate of drug-likeness (QED) is 0.573. The third kappa shape index (κ3) is 6.74. The molecule has 0 radical (unpaired) electrons. The van der Waals surface area contributed by atoms with Crippen LogP contribution in [0.1, 0.15) is 53.8 Å². The van der Waals surface area contributed by atoms with Crippen molar-refractivity contribution < 1.29 is 23.9 Å². The van der Waals surface area contributed by atoms with Gasteiger partial charge in [0.2, 0.25) is 5.91 Å². The Hall–Kier alpha value is -3.55. The highest BCUT2D eigenvalue weighted by Crippen LogP contribution is 2.24. The van der Waals surface area contributed by atoms with Crippen molar-refractivity contribution in [3.8, 4) is 11.5 Å². The second-order valence-electron chi connectivity index (χ2n) is 8.86. The number of methoxy groups -OCH3 is 2. The Morgan fingerprint density at radius 1 is 0.943 bits per heavy atom. The second-order valence-corrected chi connectivity index (χ2v) is 8.86. The fraction of sp³-hybridized carbons (Fsp3) is 0.444. The van der Waals surface area contributed by atoms with Gasteiger partial charge in [-0.1, -0.05) is 19.1 Å². The van der Waals surface area contributed by atoms with E-state index in [1.807, 2.05) is 13.8 Å². The summed E-state index contributed by atoms with van der Waals surface area (Å²) in [5.74, 6) is 0.512. The van der Waals surface area contributed by atoms with Crippen molar-refractivity contribution in [1.82, 2.24) is 15.5 Å². The van der Waals surface area contributed by atoms with Gasteiger partial charge in [0.25, 0.3) is 11.8 Å². The molecule has 1 aliphatic heterocycles. The number of hydrogen-bond acceptors (Lipinski definition) is 5. The molecule has 1 aliphatic rings. The molecule has 3 rings (SSSR count). The molecule has 1 heterocycles. The van der Waals surface area contributed by atoms with Gasteiger partial charge in [0.05, 0.1) is 14.2 Å². The van der Waals surface area contributed by atoms with Crippen molar-refractivity contribution in [2.24, 2.45) is 5.92 Å². The number of rotatable bonds is 9. The van der Waals surface area contributed by atoms with Crippen molar-refractivity contribution >= 4 is 17.7 Å². The molecular weight excluding hydrogens is 446 g/mol. The van der Waals surface area contributed by atoms with Gasteiger partial charge in [-0.05, 0) is 68.5 Å². The Morgan fingerprint density at radius 3 is 2.09 bits per heavy atom. The molecule has 0 unspecified atom stereocenters. The standard InChI is InChI=1S/C27H35N3O5/c1-5-18(2)28-26(32)24(29-25(31)20-8-6-10-22(16-20)34-3)19-12-14-30(15-13-19)27(33)21-9-7-11-23(17-21)35-4/h6-11,16-19,24H,5,12-15H2,1-4H3,(H,28,32)(H,29,31)/t18-,24-/m1/s1. The highest BCUT2D eigenvalue weighted by Gasteiger charge is 2.34. The molecular formula is C27H35N3O5. The first kappa shape index (κ1) is 26.1. The average Bonchev–Trinajstić information content (AvgIpc) is 2.91. The van der Waals surface area contributed by atoms with Crippen LogP contribution in [0.25, 0.3) is 0 Å². The lowest BCUT2D eigenvalue weighted by atomic mass is 9.88. The minimum absolute atomic E-state index is 0.00607. The van der Waals surface area contributed by atoms with E-state index in [4.69, 9.17) is 9.47 Å². The molecule has 0 saturated carbocycles. The van der Waals surface area contributed by atoms with Crippen LogP contribution in [-0.2, 0) is 4.79 Å². The molecule has 2 N–H and O–H groups in total. The van der Waals surface area contributed by atoms with E-state index in [0.29, 0.717) is 48.6 Å². The molecule has 35 heavy (non-hydrogen) atoms. The molecule has 2 atom stereocenters. The van der Waals surface area contributed by atoms with Crippen molar-refractivity contribution in [3.63, 3.8) is 0 Å². The van der Waals surface area contributed by atoms with Crippen molar-refractivity contribution in [1.29, 1.82) is 0 Å². The van der Waals surface area contributed by atoms with E-state index in [2.05, 4.69) is 10.6 Å². The van der Waals surface area contributed by atoms with Crippen LogP contribution >= 0.6 is 0 Å². The molecule has 2 aromatic rings. The predicted octanol–water partition coefficient (Wildman–Crippen LogP) is 3.27. The number of amides is 3. The van der Waals surface area contributed by atoms with Gasteiger partial charge in [-0.3, -0.25) is 14.4 Å². The van der Waals surface area contributed by atoms with E-state index in [1.165, 1.54) is 0 Å². The summed E-state index contributed by atoms with van der Waals surface area (Å²) in [5.41, 5.74) is 0.997. The number of hydrogen-bond donors (Lipinski definition) is 2. The van der Waals surface area contributed by atoms with E-state index in [1.54, 1.807) is 67.7 Å². The maximum absolute atomic E-state index is 13.2. The van der Waals surface area contributed by atoms with E-state index in [9.17, 15) is 14.4 Å². The van der Waals surface area contributed by atoms with Gasteiger partial charge < -0.3 is 25.0 Å². The normalized spacial score (nSPS) is 15.6. The zero-order valence-electron chi connectivity index (χ0n) is 20.9. The summed E-state index contributed by atoms with van der Waals surface area (Å²) in [7, 11) is 3.11. The first-order chi connectivity index (χ1) is 16.9. The Bertz CT molecular complexity index is 1030. The summed E-state index contributed by atoms with van der Waals surface area (Å²) in [4.78, 5) is 41.0. The molecule has 0 aliphatic carbocycles. The van der Waals surface area contributed by atoms with Gasteiger partial charge in [-0.25, -0.2) is 0 Å². The topological polar surface area (TPSA) is 97.0 Å². The SMILES string of the molecule is CC[C@@H](C)NC(=O)[C@H](NC(=O)c1cccc(OC)c1)C1CCN(C(=O)c2cccc(OC)c2)CC1. The van der Waals surface area contributed by atoms with Gasteiger partial charge in [-0.15, -0.1) is 0 Å². The maximum atomic E-state index is 13.2. The average molecular weight is 482 g/mol. The summed E-state index contributed by atoms with van der Waals surface area (Å²) in [6.07, 6.45) is 2.00. The second kappa shape index (κ2) is 12.2. The van der Waals surface area contributed by atoms with Crippen molar-refractivity contribution in [2.45, 2.75) is 45.2 Å². The van der Waals surface area contributed by atoms with Gasteiger partial charge >= 0.3 is 0 Å². The number of carbonyl (C=O) groups is 3. The van der Waals surface area contributed by atoms with Crippen molar-refractivity contribution in [2.75, 3.05) is 27.3 Å². The van der Waals surface area contributed by atoms with E-state index in [0.717, 1.165) is 6.42 Å². The molecule has 8 nitrogen and oxygen atoms in total. The molecule has 1 saturated heterocycles. The molecule has 0 spiro atoms. The van der Waals surface area contributed by atoms with Gasteiger partial charge in [0.15, 0.2) is 0 Å². The van der Waals surface area contributed by atoms with Crippen LogP contribution in [0.3, 0.4) is 0 Å². The summed E-state index contributed by atoms with van der Waals surface area (Å²) in [6.45, 7) is 4.94. The Labute approximate surface area is 207 Å². The van der Waals surface area contributed by atoms with E-state index < -0.39 is 6.04 Å². The lowest BCUT2D eigenvalue weighted by Gasteiger charge is -2.36. The fourth-order valence-electron chi connectivity index (χ4n) is 4.20. The smallest absolute Gasteiger partial charge is 0.253 e. The molecule has 8 heteroatoms. The first-order valence-electron chi connectivity index (χ1n) is 12.0. The van der Waals surface area contributed by atoms with Crippen LogP contribution in [0.2, 0.25) is 0 Å². The van der Waals surface area contributed by atoms with E-state index in [-0.39, 0.29) is 29.7 Å². The maximum Gasteiger partial charge on any atom is 0.253 e. The summed E-state index contributed by atoms with van der Waals surface area (Å²) in [6, 6.07) is 13.2. The third-order valence-corrected chi connectivity index (χ3v) is 6.52. The lowest BCUT2D eigenvalue weighted by molar-refractivity contribution is -0.125. The number of nitrogens with zero attached hydrogens (tertiary/aromatic N) is 1. The Morgan fingerprint density at radius 2 is 1.51 bits per heavy atom. The zero-order chi connectivity index (χ0) is 25.4. The largest absolute Gasteiger partial charge is 0.497 e. The summed E-state index contributed by atoms with van der Waals surface area (Å²) >= 11 is 0. The number of carbonyl (C=O) groups excluding carboxylic acids is 3. The van der Waals surface area contributed by atoms with Gasteiger partial charge in [0.1, 0.15) is 17.5 Å². The number of likely N-dealkylation sites (tertiary alicyclic amines) is 1. The highest BCUT2D eigenvalue weighted by molar-refractivity contribution is 5.98. The number of benzene rings is 2. The van der Waals surface area contributed by atoms with Crippen LogP contribution in [0.15, 0.2) is 48.5 Å². The van der Waals surface area contributed by atoms with Crippen LogP contribution in [-0.4, -0.2) is 62.0 Å².